The molecule has 0 saturated heterocycles. The maximum Gasteiger partial charge on any atom is 0.315 e. The molecule has 1 aromatic rings. The summed E-state index contributed by atoms with van der Waals surface area (Å²) in [5.74, 6) is 3.19. The number of anilines is 1. The molecule has 2 fully saturated rings. The van der Waals surface area contributed by atoms with Gasteiger partial charge in [0.05, 0.1) is 6.04 Å². The SMILES string of the molecule is CC(N)c1nnc(NCC2CC3CCC2C3)o1. The van der Waals surface area contributed by atoms with Gasteiger partial charge in [-0.3, -0.25) is 0 Å². The number of aromatic nitrogens is 2. The van der Waals surface area contributed by atoms with Crippen molar-refractivity contribution in [3.63, 3.8) is 0 Å². The lowest BCUT2D eigenvalue weighted by atomic mass is 9.89. The predicted octanol–water partition coefficient (Wildman–Crippen LogP) is 1.94. The molecule has 4 atom stereocenters. The normalized spacial score (nSPS) is 32.9. The van der Waals surface area contributed by atoms with Crippen LogP contribution in [0, 0.1) is 17.8 Å². The minimum Gasteiger partial charge on any atom is -0.406 e. The Morgan fingerprint density at radius 3 is 2.88 bits per heavy atom. The molecule has 0 spiro atoms. The van der Waals surface area contributed by atoms with Crippen molar-refractivity contribution in [1.29, 1.82) is 0 Å². The van der Waals surface area contributed by atoms with Crippen molar-refractivity contribution < 1.29 is 4.42 Å². The third kappa shape index (κ3) is 2.16. The molecule has 2 aliphatic carbocycles. The van der Waals surface area contributed by atoms with Gasteiger partial charge in [0.25, 0.3) is 0 Å². The molecule has 2 bridgehead atoms. The molecule has 0 aromatic carbocycles. The first kappa shape index (κ1) is 11.0. The van der Waals surface area contributed by atoms with Crippen LogP contribution in [0.15, 0.2) is 4.42 Å². The Balaban J connectivity index is 1.53. The molecule has 3 rings (SSSR count). The highest BCUT2D eigenvalue weighted by molar-refractivity contribution is 5.18. The van der Waals surface area contributed by atoms with Crippen molar-refractivity contribution in [3.05, 3.63) is 5.89 Å². The fourth-order valence-electron chi connectivity index (χ4n) is 3.33. The van der Waals surface area contributed by atoms with E-state index in [0.717, 1.165) is 24.3 Å². The van der Waals surface area contributed by atoms with E-state index < -0.39 is 0 Å². The van der Waals surface area contributed by atoms with E-state index in [1.165, 1.54) is 25.7 Å². The van der Waals surface area contributed by atoms with Crippen LogP contribution < -0.4 is 11.1 Å². The molecule has 4 unspecified atom stereocenters. The van der Waals surface area contributed by atoms with Crippen LogP contribution in [0.2, 0.25) is 0 Å². The Kier molecular flexibility index (Phi) is 2.78. The molecule has 1 heterocycles. The summed E-state index contributed by atoms with van der Waals surface area (Å²) in [6, 6.07) is 0.320. The van der Waals surface area contributed by atoms with Gasteiger partial charge in [0, 0.05) is 6.54 Å². The third-order valence-electron chi connectivity index (χ3n) is 4.23. The number of nitrogens with two attached hydrogens (primary N) is 1. The minimum atomic E-state index is -0.194. The average molecular weight is 236 g/mol. The zero-order chi connectivity index (χ0) is 11.8. The fraction of sp³-hybridized carbons (Fsp3) is 0.833. The van der Waals surface area contributed by atoms with Crippen LogP contribution in [0.1, 0.15) is 44.5 Å². The molecule has 2 aliphatic rings. The fourth-order valence-corrected chi connectivity index (χ4v) is 3.33. The second-order valence-corrected chi connectivity index (χ2v) is 5.55. The lowest BCUT2D eigenvalue weighted by Crippen LogP contribution is -2.20. The van der Waals surface area contributed by atoms with E-state index in [0.29, 0.717) is 11.9 Å². The van der Waals surface area contributed by atoms with Gasteiger partial charge in [-0.15, -0.1) is 5.10 Å². The van der Waals surface area contributed by atoms with Crippen LogP contribution in [0.25, 0.3) is 0 Å². The molecule has 2 saturated carbocycles. The van der Waals surface area contributed by atoms with Gasteiger partial charge in [-0.05, 0) is 43.9 Å². The Labute approximate surface area is 101 Å². The Bertz CT molecular complexity index is 390. The molecule has 1 aromatic heterocycles. The lowest BCUT2D eigenvalue weighted by molar-refractivity contribution is 0.345. The summed E-state index contributed by atoms with van der Waals surface area (Å²) in [5, 5.41) is 11.1. The van der Waals surface area contributed by atoms with Crippen molar-refractivity contribution in [2.24, 2.45) is 23.5 Å². The van der Waals surface area contributed by atoms with Crippen molar-refractivity contribution in [2.45, 2.75) is 38.6 Å². The molecular weight excluding hydrogens is 216 g/mol. The van der Waals surface area contributed by atoms with Crippen LogP contribution in [0.5, 0.6) is 0 Å². The Morgan fingerprint density at radius 1 is 1.41 bits per heavy atom. The van der Waals surface area contributed by atoms with Crippen molar-refractivity contribution in [2.75, 3.05) is 11.9 Å². The summed E-state index contributed by atoms with van der Waals surface area (Å²) < 4.78 is 5.43. The summed E-state index contributed by atoms with van der Waals surface area (Å²) in [4.78, 5) is 0. The molecule has 0 radical (unpaired) electrons. The summed E-state index contributed by atoms with van der Waals surface area (Å²) in [7, 11) is 0. The van der Waals surface area contributed by atoms with Gasteiger partial charge in [-0.1, -0.05) is 11.5 Å². The predicted molar refractivity (Wildman–Crippen MR) is 64.3 cm³/mol. The van der Waals surface area contributed by atoms with Gasteiger partial charge in [0.2, 0.25) is 5.89 Å². The highest BCUT2D eigenvalue weighted by Crippen LogP contribution is 2.48. The van der Waals surface area contributed by atoms with Gasteiger partial charge in [0.15, 0.2) is 0 Å². The van der Waals surface area contributed by atoms with Crippen molar-refractivity contribution in [1.82, 2.24) is 10.2 Å². The number of hydrogen-bond donors (Lipinski definition) is 2. The van der Waals surface area contributed by atoms with Crippen LogP contribution in [-0.4, -0.2) is 16.7 Å². The molecule has 3 N–H and O–H groups in total. The first-order chi connectivity index (χ1) is 8.22. The van der Waals surface area contributed by atoms with Crippen LogP contribution in [-0.2, 0) is 0 Å². The third-order valence-corrected chi connectivity index (χ3v) is 4.23. The van der Waals surface area contributed by atoms with Gasteiger partial charge in [-0.2, -0.15) is 0 Å². The first-order valence-electron chi connectivity index (χ1n) is 6.55. The maximum atomic E-state index is 5.67. The molecule has 5 nitrogen and oxygen atoms in total. The standard InChI is InChI=1S/C12H20N4O/c1-7(13)11-15-16-12(17-11)14-6-10-5-8-2-3-9(10)4-8/h7-10H,2-6,13H2,1H3,(H,14,16). The quantitative estimate of drug-likeness (QED) is 0.835. The number of hydrogen-bond acceptors (Lipinski definition) is 5. The Morgan fingerprint density at radius 2 is 2.29 bits per heavy atom. The zero-order valence-corrected chi connectivity index (χ0v) is 10.2. The van der Waals surface area contributed by atoms with E-state index in [1.807, 2.05) is 6.92 Å². The topological polar surface area (TPSA) is 77.0 Å². The molecule has 0 amide bonds. The van der Waals surface area contributed by atoms with E-state index in [-0.39, 0.29) is 6.04 Å². The highest BCUT2D eigenvalue weighted by Gasteiger charge is 2.39. The highest BCUT2D eigenvalue weighted by atomic mass is 16.4. The molecular formula is C12H20N4O. The number of rotatable bonds is 4. The molecule has 5 heteroatoms. The van der Waals surface area contributed by atoms with Crippen LogP contribution in [0.4, 0.5) is 6.01 Å². The number of nitrogens with zero attached hydrogens (tertiary/aromatic N) is 2. The van der Waals surface area contributed by atoms with Crippen LogP contribution in [0.3, 0.4) is 0 Å². The molecule has 0 aliphatic heterocycles. The smallest absolute Gasteiger partial charge is 0.315 e. The lowest BCUT2D eigenvalue weighted by Gasteiger charge is -2.21. The van der Waals surface area contributed by atoms with Crippen molar-refractivity contribution in [3.8, 4) is 0 Å². The maximum absolute atomic E-state index is 5.67. The van der Waals surface area contributed by atoms with E-state index in [9.17, 15) is 0 Å². The van der Waals surface area contributed by atoms with E-state index in [1.54, 1.807) is 0 Å². The number of fused-ring (bicyclic) bond motifs is 2. The van der Waals surface area contributed by atoms with Gasteiger partial charge in [-0.25, -0.2) is 0 Å². The minimum absolute atomic E-state index is 0.194. The zero-order valence-electron chi connectivity index (χ0n) is 10.2. The van der Waals surface area contributed by atoms with E-state index >= 15 is 0 Å². The second-order valence-electron chi connectivity index (χ2n) is 5.55. The van der Waals surface area contributed by atoms with E-state index in [2.05, 4.69) is 15.5 Å². The molecule has 17 heavy (non-hydrogen) atoms. The summed E-state index contributed by atoms with van der Waals surface area (Å²) >= 11 is 0. The average Bonchev–Trinajstić information content (AvgIpc) is 3.02. The summed E-state index contributed by atoms with van der Waals surface area (Å²) in [6.07, 6.45) is 5.65. The van der Waals surface area contributed by atoms with Crippen molar-refractivity contribution >= 4 is 6.01 Å². The number of nitrogens with one attached hydrogen (secondary N) is 1. The van der Waals surface area contributed by atoms with Gasteiger partial charge >= 0.3 is 6.01 Å². The second kappa shape index (κ2) is 4.29. The summed E-state index contributed by atoms with van der Waals surface area (Å²) in [5.41, 5.74) is 5.67. The van der Waals surface area contributed by atoms with Gasteiger partial charge < -0.3 is 15.5 Å². The monoisotopic (exact) mass is 236 g/mol. The first-order valence-corrected chi connectivity index (χ1v) is 6.55. The van der Waals surface area contributed by atoms with Crippen LogP contribution >= 0.6 is 0 Å². The molecule has 94 valence electrons. The van der Waals surface area contributed by atoms with E-state index in [4.69, 9.17) is 10.2 Å². The largest absolute Gasteiger partial charge is 0.406 e. The summed E-state index contributed by atoms with van der Waals surface area (Å²) in [6.45, 7) is 2.80. The Hall–Kier alpha value is -1.10. The van der Waals surface area contributed by atoms with Gasteiger partial charge in [0.1, 0.15) is 0 Å².